The van der Waals surface area contributed by atoms with Crippen molar-refractivity contribution in [1.29, 1.82) is 0 Å². The molecule has 0 bridgehead atoms. The Morgan fingerprint density at radius 1 is 1.35 bits per heavy atom. The molecule has 17 heavy (non-hydrogen) atoms. The highest BCUT2D eigenvalue weighted by Gasteiger charge is 2.25. The molecule has 0 spiro atoms. The molecule has 1 heterocycles. The minimum Gasteiger partial charge on any atom is -0.345 e. The fraction of sp³-hybridized carbons (Fsp3) is 0.846. The summed E-state index contributed by atoms with van der Waals surface area (Å²) in [7, 11) is 0. The molecule has 1 saturated heterocycles. The van der Waals surface area contributed by atoms with Crippen molar-refractivity contribution in [2.24, 2.45) is 5.92 Å². The van der Waals surface area contributed by atoms with E-state index >= 15 is 0 Å². The maximum atomic E-state index is 11.9. The summed E-state index contributed by atoms with van der Waals surface area (Å²) in [5.74, 6) is 0.757. The highest BCUT2D eigenvalue weighted by molar-refractivity contribution is 5.89. The lowest BCUT2D eigenvalue weighted by atomic mass is 10.1. The van der Waals surface area contributed by atoms with Gasteiger partial charge in [0.2, 0.25) is 11.8 Å². The summed E-state index contributed by atoms with van der Waals surface area (Å²) < 4.78 is 0. The number of unbranched alkanes of at least 4 members (excludes halogenated alkanes) is 1. The molecule has 0 radical (unpaired) electrons. The average molecular weight is 240 g/mol. The van der Waals surface area contributed by atoms with Gasteiger partial charge in [-0.2, -0.15) is 0 Å². The monoisotopic (exact) mass is 240 g/mol. The molecule has 0 aromatic carbocycles. The van der Waals surface area contributed by atoms with Gasteiger partial charge in [-0.15, -0.1) is 0 Å². The second-order valence-corrected chi connectivity index (χ2v) is 5.25. The Balaban J connectivity index is 2.35. The number of amides is 2. The van der Waals surface area contributed by atoms with Crippen molar-refractivity contribution in [3.8, 4) is 0 Å². The van der Waals surface area contributed by atoms with Crippen molar-refractivity contribution in [2.45, 2.75) is 52.5 Å². The van der Waals surface area contributed by atoms with Crippen LogP contribution >= 0.6 is 0 Å². The summed E-state index contributed by atoms with van der Waals surface area (Å²) in [5.41, 5.74) is 0. The molecular weight excluding hydrogens is 216 g/mol. The lowest BCUT2D eigenvalue weighted by Gasteiger charge is -2.22. The van der Waals surface area contributed by atoms with Crippen LogP contribution in [0.2, 0.25) is 0 Å². The molecule has 1 aliphatic rings. The van der Waals surface area contributed by atoms with Crippen LogP contribution in [-0.4, -0.2) is 35.8 Å². The SMILES string of the molecule is CC(C)CCCCN1CCC(=O)NC(C)C1=O. The molecule has 98 valence electrons. The minimum atomic E-state index is -0.366. The van der Waals surface area contributed by atoms with Crippen molar-refractivity contribution in [2.75, 3.05) is 13.1 Å². The fourth-order valence-electron chi connectivity index (χ4n) is 2.07. The first-order valence-corrected chi connectivity index (χ1v) is 6.59. The Hall–Kier alpha value is -1.06. The van der Waals surface area contributed by atoms with Gasteiger partial charge in [-0.1, -0.05) is 26.7 Å². The van der Waals surface area contributed by atoms with Crippen molar-refractivity contribution in [1.82, 2.24) is 10.2 Å². The molecule has 0 aliphatic carbocycles. The van der Waals surface area contributed by atoms with E-state index in [1.807, 2.05) is 4.90 Å². The van der Waals surface area contributed by atoms with Gasteiger partial charge in [-0.05, 0) is 19.3 Å². The third kappa shape index (κ3) is 4.75. The topological polar surface area (TPSA) is 49.4 Å². The quantitative estimate of drug-likeness (QED) is 0.741. The number of nitrogens with zero attached hydrogens (tertiary/aromatic N) is 1. The van der Waals surface area contributed by atoms with E-state index in [9.17, 15) is 9.59 Å². The van der Waals surface area contributed by atoms with Gasteiger partial charge in [-0.25, -0.2) is 0 Å². The molecule has 1 fully saturated rings. The van der Waals surface area contributed by atoms with Crippen molar-refractivity contribution < 1.29 is 9.59 Å². The van der Waals surface area contributed by atoms with E-state index in [0.717, 1.165) is 25.3 Å². The maximum Gasteiger partial charge on any atom is 0.244 e. The van der Waals surface area contributed by atoms with Crippen LogP contribution in [0.3, 0.4) is 0 Å². The fourth-order valence-corrected chi connectivity index (χ4v) is 2.07. The zero-order valence-corrected chi connectivity index (χ0v) is 11.2. The van der Waals surface area contributed by atoms with E-state index in [4.69, 9.17) is 0 Å². The van der Waals surface area contributed by atoms with Gasteiger partial charge in [0.15, 0.2) is 0 Å². The molecule has 4 heteroatoms. The summed E-state index contributed by atoms with van der Waals surface area (Å²) >= 11 is 0. The first-order chi connectivity index (χ1) is 8.00. The molecule has 0 aromatic rings. The standard InChI is InChI=1S/C13H24N2O2/c1-10(2)6-4-5-8-15-9-7-12(16)14-11(3)13(15)17/h10-11H,4-9H2,1-3H3,(H,14,16). The zero-order chi connectivity index (χ0) is 12.8. The number of carbonyl (C=O) groups excluding carboxylic acids is 2. The zero-order valence-electron chi connectivity index (χ0n) is 11.2. The van der Waals surface area contributed by atoms with E-state index < -0.39 is 0 Å². The van der Waals surface area contributed by atoms with Crippen molar-refractivity contribution in [3.63, 3.8) is 0 Å². The number of hydrogen-bond donors (Lipinski definition) is 1. The summed E-state index contributed by atoms with van der Waals surface area (Å²) in [6.07, 6.45) is 3.82. The van der Waals surface area contributed by atoms with Crippen molar-refractivity contribution in [3.05, 3.63) is 0 Å². The first-order valence-electron chi connectivity index (χ1n) is 6.59. The van der Waals surface area contributed by atoms with E-state index in [1.54, 1.807) is 6.92 Å². The van der Waals surface area contributed by atoms with Crippen LogP contribution in [0.15, 0.2) is 0 Å². The summed E-state index contributed by atoms with van der Waals surface area (Å²) in [4.78, 5) is 25.1. The molecule has 2 amide bonds. The van der Waals surface area contributed by atoms with Gasteiger partial charge >= 0.3 is 0 Å². The summed E-state index contributed by atoms with van der Waals surface area (Å²) in [6.45, 7) is 7.53. The second-order valence-electron chi connectivity index (χ2n) is 5.25. The second kappa shape index (κ2) is 6.62. The smallest absolute Gasteiger partial charge is 0.244 e. The summed E-state index contributed by atoms with van der Waals surface area (Å²) in [6, 6.07) is -0.366. The van der Waals surface area contributed by atoms with Crippen LogP contribution < -0.4 is 5.32 Å². The number of rotatable bonds is 5. The molecule has 1 atom stereocenters. The molecule has 0 saturated carbocycles. The lowest BCUT2D eigenvalue weighted by molar-refractivity contribution is -0.133. The minimum absolute atomic E-state index is 0.0180. The van der Waals surface area contributed by atoms with Crippen LogP contribution in [-0.2, 0) is 9.59 Å². The predicted octanol–water partition coefficient (Wildman–Crippen LogP) is 1.55. The highest BCUT2D eigenvalue weighted by atomic mass is 16.2. The van der Waals surface area contributed by atoms with Crippen LogP contribution in [0.4, 0.5) is 0 Å². The van der Waals surface area contributed by atoms with Crippen LogP contribution in [0.5, 0.6) is 0 Å². The van der Waals surface area contributed by atoms with Crippen LogP contribution in [0.25, 0.3) is 0 Å². The highest BCUT2D eigenvalue weighted by Crippen LogP contribution is 2.09. The summed E-state index contributed by atoms with van der Waals surface area (Å²) in [5, 5.41) is 2.70. The molecule has 4 nitrogen and oxygen atoms in total. The third-order valence-corrected chi connectivity index (χ3v) is 3.13. The molecule has 1 N–H and O–H groups in total. The molecule has 1 aliphatic heterocycles. The number of hydrogen-bond acceptors (Lipinski definition) is 2. The van der Waals surface area contributed by atoms with Gasteiger partial charge in [0.25, 0.3) is 0 Å². The Kier molecular flexibility index (Phi) is 5.45. The lowest BCUT2D eigenvalue weighted by Crippen LogP contribution is -2.42. The normalized spacial score (nSPS) is 21.6. The average Bonchev–Trinajstić information content (AvgIpc) is 2.36. The Morgan fingerprint density at radius 3 is 2.71 bits per heavy atom. The molecular formula is C13H24N2O2. The largest absolute Gasteiger partial charge is 0.345 e. The van der Waals surface area contributed by atoms with E-state index in [-0.39, 0.29) is 17.9 Å². The molecule has 1 unspecified atom stereocenters. The first kappa shape index (κ1) is 14.0. The van der Waals surface area contributed by atoms with Gasteiger partial charge in [0, 0.05) is 19.5 Å². The number of nitrogens with one attached hydrogen (secondary N) is 1. The Morgan fingerprint density at radius 2 is 2.06 bits per heavy atom. The van der Waals surface area contributed by atoms with Gasteiger partial charge in [0.1, 0.15) is 6.04 Å². The molecule has 1 rings (SSSR count). The van der Waals surface area contributed by atoms with Gasteiger partial charge in [-0.3, -0.25) is 9.59 Å². The maximum absolute atomic E-state index is 11.9. The third-order valence-electron chi connectivity index (χ3n) is 3.13. The van der Waals surface area contributed by atoms with Crippen molar-refractivity contribution >= 4 is 11.8 Å². The predicted molar refractivity (Wildman–Crippen MR) is 67.5 cm³/mol. The molecule has 0 aromatic heterocycles. The van der Waals surface area contributed by atoms with E-state index in [0.29, 0.717) is 13.0 Å². The van der Waals surface area contributed by atoms with E-state index in [2.05, 4.69) is 19.2 Å². The Labute approximate surface area is 104 Å². The number of carbonyl (C=O) groups is 2. The van der Waals surface area contributed by atoms with Crippen LogP contribution in [0, 0.1) is 5.92 Å². The van der Waals surface area contributed by atoms with Gasteiger partial charge < -0.3 is 10.2 Å². The Bertz CT molecular complexity index is 277. The van der Waals surface area contributed by atoms with Gasteiger partial charge in [0.05, 0.1) is 0 Å². The van der Waals surface area contributed by atoms with Crippen LogP contribution in [0.1, 0.15) is 46.5 Å². The van der Waals surface area contributed by atoms with E-state index in [1.165, 1.54) is 6.42 Å².